The Balaban J connectivity index is 2.07. The highest BCUT2D eigenvalue weighted by Crippen LogP contribution is 2.11. The van der Waals surface area contributed by atoms with Crippen LogP contribution in [0.5, 0.6) is 0 Å². The number of aromatic nitrogens is 3. The van der Waals surface area contributed by atoms with Gasteiger partial charge in [0.05, 0.1) is 11.2 Å². The second kappa shape index (κ2) is 4.57. The number of ketones is 1. The van der Waals surface area contributed by atoms with E-state index in [-0.39, 0.29) is 5.78 Å². The molecule has 2 rings (SSSR count). The normalized spacial score (nSPS) is 10.6. The summed E-state index contributed by atoms with van der Waals surface area (Å²) >= 11 is 1.50. The van der Waals surface area contributed by atoms with E-state index in [2.05, 4.69) is 10.1 Å². The van der Waals surface area contributed by atoms with Crippen molar-refractivity contribution in [3.05, 3.63) is 34.0 Å². The minimum atomic E-state index is 0.0556. The summed E-state index contributed by atoms with van der Waals surface area (Å²) in [5.41, 5.74) is 1.50. The Morgan fingerprint density at radius 3 is 2.94 bits per heavy atom. The van der Waals surface area contributed by atoms with Gasteiger partial charge in [0.15, 0.2) is 5.78 Å². The lowest BCUT2D eigenvalue weighted by Gasteiger charge is -1.94. The molecule has 2 aromatic heterocycles. The Bertz CT molecular complexity index is 501. The van der Waals surface area contributed by atoms with Crippen LogP contribution in [0.2, 0.25) is 0 Å². The van der Waals surface area contributed by atoms with Crippen molar-refractivity contribution in [1.29, 1.82) is 0 Å². The third-order valence-electron chi connectivity index (χ3n) is 2.28. The van der Waals surface area contributed by atoms with Crippen molar-refractivity contribution in [2.75, 3.05) is 0 Å². The summed E-state index contributed by atoms with van der Waals surface area (Å²) in [6.07, 6.45) is 4.01. The van der Waals surface area contributed by atoms with Gasteiger partial charge in [-0.2, -0.15) is 5.10 Å². The number of hydrogen-bond donors (Lipinski definition) is 0. The first-order valence-electron chi connectivity index (χ1n) is 5.15. The van der Waals surface area contributed by atoms with Gasteiger partial charge >= 0.3 is 0 Å². The fourth-order valence-electron chi connectivity index (χ4n) is 1.44. The molecule has 0 spiro atoms. The van der Waals surface area contributed by atoms with Crippen molar-refractivity contribution in [1.82, 2.24) is 14.8 Å². The quantitative estimate of drug-likeness (QED) is 0.762. The fourth-order valence-corrected chi connectivity index (χ4v) is 2.06. The van der Waals surface area contributed by atoms with Gasteiger partial charge in [0, 0.05) is 24.5 Å². The fraction of sp³-hybridized carbons (Fsp3) is 0.364. The van der Waals surface area contributed by atoms with Crippen molar-refractivity contribution in [2.24, 2.45) is 0 Å². The average molecular weight is 235 g/mol. The van der Waals surface area contributed by atoms with E-state index in [0.717, 1.165) is 17.1 Å². The molecule has 0 radical (unpaired) electrons. The third kappa shape index (κ3) is 2.36. The number of carbonyl (C=O) groups is 1. The van der Waals surface area contributed by atoms with E-state index in [0.29, 0.717) is 12.1 Å². The number of rotatable bonds is 4. The van der Waals surface area contributed by atoms with Crippen LogP contribution in [0.3, 0.4) is 0 Å². The molecule has 0 bridgehead atoms. The minimum absolute atomic E-state index is 0.0556. The largest absolute Gasteiger partial charge is 0.292 e. The zero-order valence-corrected chi connectivity index (χ0v) is 10.1. The van der Waals surface area contributed by atoms with E-state index in [9.17, 15) is 4.79 Å². The van der Waals surface area contributed by atoms with Crippen LogP contribution >= 0.6 is 11.3 Å². The summed E-state index contributed by atoms with van der Waals surface area (Å²) in [6.45, 7) is 4.74. The minimum Gasteiger partial charge on any atom is -0.292 e. The maximum atomic E-state index is 11.8. The van der Waals surface area contributed by atoms with E-state index in [1.165, 1.54) is 11.3 Å². The van der Waals surface area contributed by atoms with Gasteiger partial charge in [-0.1, -0.05) is 0 Å². The van der Waals surface area contributed by atoms with E-state index < -0.39 is 0 Å². The average Bonchev–Trinajstić information content (AvgIpc) is 2.87. The van der Waals surface area contributed by atoms with Crippen molar-refractivity contribution in [3.8, 4) is 0 Å². The lowest BCUT2D eigenvalue weighted by molar-refractivity contribution is 0.0988. The number of hydrogen-bond acceptors (Lipinski definition) is 4. The molecule has 5 heteroatoms. The van der Waals surface area contributed by atoms with Crippen molar-refractivity contribution < 1.29 is 4.79 Å². The predicted molar refractivity (Wildman–Crippen MR) is 62.8 cm³/mol. The Hall–Kier alpha value is -1.49. The second-order valence-electron chi connectivity index (χ2n) is 3.56. The third-order valence-corrected chi connectivity index (χ3v) is 3.05. The Labute approximate surface area is 97.9 Å². The monoisotopic (exact) mass is 235 g/mol. The molecular weight excluding hydrogens is 222 g/mol. The van der Waals surface area contributed by atoms with Crippen LogP contribution < -0.4 is 0 Å². The van der Waals surface area contributed by atoms with E-state index in [1.807, 2.05) is 30.1 Å². The van der Waals surface area contributed by atoms with Gasteiger partial charge in [-0.3, -0.25) is 9.48 Å². The number of carbonyl (C=O) groups excluding carboxylic acids is 1. The molecule has 0 aliphatic rings. The Morgan fingerprint density at radius 2 is 2.38 bits per heavy atom. The summed E-state index contributed by atoms with van der Waals surface area (Å²) in [6, 6.07) is 0. The predicted octanol–water partition coefficient (Wildman–Crippen LogP) is 2.09. The maximum Gasteiger partial charge on any atom is 0.186 e. The molecule has 0 fully saturated rings. The van der Waals surface area contributed by atoms with Gasteiger partial charge in [0.2, 0.25) is 0 Å². The first kappa shape index (κ1) is 11.0. The molecule has 0 aliphatic heterocycles. The van der Waals surface area contributed by atoms with Gasteiger partial charge < -0.3 is 0 Å². The first-order chi connectivity index (χ1) is 7.69. The molecule has 84 valence electrons. The van der Waals surface area contributed by atoms with Crippen LogP contribution in [0.15, 0.2) is 17.8 Å². The number of nitrogens with zero attached hydrogens (tertiary/aromatic N) is 3. The van der Waals surface area contributed by atoms with Gasteiger partial charge in [-0.25, -0.2) is 4.98 Å². The molecule has 0 aliphatic carbocycles. The lowest BCUT2D eigenvalue weighted by atomic mass is 10.1. The summed E-state index contributed by atoms with van der Waals surface area (Å²) < 4.78 is 1.81. The Morgan fingerprint density at radius 1 is 1.56 bits per heavy atom. The number of aryl methyl sites for hydroxylation is 2. The highest BCUT2D eigenvalue weighted by atomic mass is 32.1. The molecule has 0 unspecified atom stereocenters. The molecule has 0 amide bonds. The van der Waals surface area contributed by atoms with E-state index >= 15 is 0 Å². The van der Waals surface area contributed by atoms with Gasteiger partial charge in [0.1, 0.15) is 5.69 Å². The maximum absolute atomic E-state index is 11.8. The van der Waals surface area contributed by atoms with E-state index in [4.69, 9.17) is 0 Å². The van der Waals surface area contributed by atoms with Gasteiger partial charge in [-0.15, -0.1) is 11.3 Å². The summed E-state index contributed by atoms with van der Waals surface area (Å²) in [5.74, 6) is 0.0556. The lowest BCUT2D eigenvalue weighted by Crippen LogP contribution is -2.03. The smallest absolute Gasteiger partial charge is 0.186 e. The van der Waals surface area contributed by atoms with Gasteiger partial charge in [0.25, 0.3) is 0 Å². The zero-order chi connectivity index (χ0) is 11.5. The molecule has 0 N–H and O–H groups in total. The summed E-state index contributed by atoms with van der Waals surface area (Å²) in [5, 5.41) is 6.86. The molecule has 4 nitrogen and oxygen atoms in total. The van der Waals surface area contributed by atoms with Crippen LogP contribution in [0.4, 0.5) is 0 Å². The topological polar surface area (TPSA) is 47.8 Å². The number of Topliss-reactive ketones (excluding diaryl/α,β-unsaturated/α-hetero) is 1. The molecule has 0 saturated heterocycles. The molecule has 16 heavy (non-hydrogen) atoms. The van der Waals surface area contributed by atoms with Crippen LogP contribution in [0.1, 0.15) is 28.0 Å². The molecule has 0 atom stereocenters. The zero-order valence-electron chi connectivity index (χ0n) is 9.30. The van der Waals surface area contributed by atoms with Gasteiger partial charge in [-0.05, 0) is 19.4 Å². The first-order valence-corrected chi connectivity index (χ1v) is 6.03. The van der Waals surface area contributed by atoms with Crippen molar-refractivity contribution in [3.63, 3.8) is 0 Å². The standard InChI is InChI=1S/C11H13N3OS/c1-3-14-6-9(5-12-14)4-11(15)10-7-16-8(2)13-10/h5-7H,3-4H2,1-2H3. The molecule has 0 saturated carbocycles. The molecular formula is C11H13N3OS. The highest BCUT2D eigenvalue weighted by Gasteiger charge is 2.11. The summed E-state index contributed by atoms with van der Waals surface area (Å²) in [4.78, 5) is 16.0. The van der Waals surface area contributed by atoms with Crippen LogP contribution in [-0.2, 0) is 13.0 Å². The molecule has 0 aromatic carbocycles. The summed E-state index contributed by atoms with van der Waals surface area (Å²) in [7, 11) is 0. The van der Waals surface area contributed by atoms with Crippen molar-refractivity contribution >= 4 is 17.1 Å². The van der Waals surface area contributed by atoms with Crippen LogP contribution in [0.25, 0.3) is 0 Å². The van der Waals surface area contributed by atoms with E-state index in [1.54, 1.807) is 6.20 Å². The molecule has 2 heterocycles. The second-order valence-corrected chi connectivity index (χ2v) is 4.62. The van der Waals surface area contributed by atoms with Crippen LogP contribution in [-0.4, -0.2) is 20.5 Å². The Kier molecular flexibility index (Phi) is 3.14. The van der Waals surface area contributed by atoms with Crippen molar-refractivity contribution in [2.45, 2.75) is 26.8 Å². The SMILES string of the molecule is CCn1cc(CC(=O)c2csc(C)n2)cn1. The number of thiazole rings is 1. The molecule has 2 aromatic rings. The van der Waals surface area contributed by atoms with Crippen LogP contribution in [0, 0.1) is 6.92 Å². The highest BCUT2D eigenvalue weighted by molar-refractivity contribution is 7.09.